The van der Waals surface area contributed by atoms with Crippen LogP contribution in [0.4, 0.5) is 16.2 Å². The van der Waals surface area contributed by atoms with Crippen molar-refractivity contribution in [2.45, 2.75) is 59.5 Å². The highest BCUT2D eigenvalue weighted by Gasteiger charge is 2.36. The first-order valence-electron chi connectivity index (χ1n) is 12.7. The molecule has 1 aliphatic carbocycles. The van der Waals surface area contributed by atoms with Gasteiger partial charge in [0.1, 0.15) is 23.2 Å². The second-order valence-corrected chi connectivity index (χ2v) is 9.66. The maximum absolute atomic E-state index is 12.9. The number of hydrogen-bond acceptors (Lipinski definition) is 7. The van der Waals surface area contributed by atoms with Gasteiger partial charge in [0.25, 0.3) is 0 Å². The van der Waals surface area contributed by atoms with Crippen LogP contribution in [-0.2, 0) is 14.3 Å². The number of nitrogens with zero attached hydrogens (tertiary/aromatic N) is 2. The highest BCUT2D eigenvalue weighted by Crippen LogP contribution is 2.34. The highest BCUT2D eigenvalue weighted by atomic mass is 16.6. The van der Waals surface area contributed by atoms with Crippen molar-refractivity contribution < 1.29 is 28.8 Å². The number of carboxylic acids is 1. The molecule has 200 valence electrons. The molecule has 1 aromatic carbocycles. The van der Waals surface area contributed by atoms with E-state index in [1.54, 1.807) is 32.9 Å². The summed E-state index contributed by atoms with van der Waals surface area (Å²) in [6, 6.07) is 11.0. The van der Waals surface area contributed by atoms with Gasteiger partial charge in [-0.1, -0.05) is 42.3 Å². The maximum atomic E-state index is 12.9. The van der Waals surface area contributed by atoms with Crippen molar-refractivity contribution in [2.24, 2.45) is 11.8 Å². The van der Waals surface area contributed by atoms with E-state index in [1.165, 1.54) is 0 Å². The van der Waals surface area contributed by atoms with Gasteiger partial charge in [0.15, 0.2) is 0 Å². The number of aromatic nitrogens is 2. The van der Waals surface area contributed by atoms with Gasteiger partial charge < -0.3 is 19.7 Å². The van der Waals surface area contributed by atoms with E-state index in [-0.39, 0.29) is 11.7 Å². The lowest BCUT2D eigenvalue weighted by molar-refractivity contribution is -0.147. The molecule has 0 spiro atoms. The third kappa shape index (κ3) is 5.85. The Morgan fingerprint density at radius 2 is 1.71 bits per heavy atom. The molecule has 10 heteroatoms. The van der Waals surface area contributed by atoms with Gasteiger partial charge in [0.2, 0.25) is 11.7 Å². The molecule has 0 aliphatic heterocycles. The van der Waals surface area contributed by atoms with Crippen molar-refractivity contribution >= 4 is 29.3 Å². The smallest absolute Gasteiger partial charge is 0.412 e. The first-order valence-corrected chi connectivity index (χ1v) is 12.7. The fourth-order valence-electron chi connectivity index (χ4n) is 4.88. The minimum Gasteiger partial charge on any atom is -0.481 e. The van der Waals surface area contributed by atoms with Crippen LogP contribution in [0.25, 0.3) is 11.5 Å². The van der Waals surface area contributed by atoms with Gasteiger partial charge in [-0.25, -0.2) is 9.78 Å². The molecule has 4 rings (SSSR count). The average Bonchev–Trinajstić information content (AvgIpc) is 3.24. The monoisotopic (exact) mass is 520 g/mol. The molecule has 0 unspecified atom stereocenters. The van der Waals surface area contributed by atoms with E-state index in [0.717, 1.165) is 24.0 Å². The quantitative estimate of drug-likeness (QED) is 0.354. The van der Waals surface area contributed by atoms with Gasteiger partial charge in [-0.3, -0.25) is 14.9 Å². The summed E-state index contributed by atoms with van der Waals surface area (Å²) in [6.45, 7) is 7.17. The predicted octanol–water partition coefficient (Wildman–Crippen LogP) is 5.80. The largest absolute Gasteiger partial charge is 0.481 e. The Morgan fingerprint density at radius 3 is 2.39 bits per heavy atom. The van der Waals surface area contributed by atoms with E-state index in [2.05, 4.69) is 20.8 Å². The molecule has 38 heavy (non-hydrogen) atoms. The molecule has 1 fully saturated rings. The SMILES string of the molecule is Cc1ccccc1[C@@H](C)OC(=O)Nc1c(C)noc1-c1ccc(NC(=O)[C@H]2CCCC[C@@H]2C(=O)O)c(C)n1. The summed E-state index contributed by atoms with van der Waals surface area (Å²) in [5.41, 5.74) is 4.10. The van der Waals surface area contributed by atoms with Crippen LogP contribution in [-0.4, -0.2) is 33.2 Å². The molecule has 0 radical (unpaired) electrons. The number of carboxylic acid groups (broad SMARTS) is 1. The van der Waals surface area contributed by atoms with Crippen LogP contribution in [0.2, 0.25) is 0 Å². The van der Waals surface area contributed by atoms with Crippen LogP contribution in [0.15, 0.2) is 40.9 Å². The summed E-state index contributed by atoms with van der Waals surface area (Å²) < 4.78 is 11.0. The molecule has 2 aromatic heterocycles. The van der Waals surface area contributed by atoms with Crippen molar-refractivity contribution in [1.29, 1.82) is 0 Å². The summed E-state index contributed by atoms with van der Waals surface area (Å²) in [7, 11) is 0. The van der Waals surface area contributed by atoms with Crippen LogP contribution in [0.5, 0.6) is 0 Å². The van der Waals surface area contributed by atoms with Gasteiger partial charge in [-0.05, 0) is 63.8 Å². The Labute approximate surface area is 220 Å². The number of carbonyl (C=O) groups is 3. The van der Waals surface area contributed by atoms with Crippen molar-refractivity contribution in [3.05, 3.63) is 58.9 Å². The Morgan fingerprint density at radius 1 is 1.00 bits per heavy atom. The number of hydrogen-bond donors (Lipinski definition) is 3. The van der Waals surface area contributed by atoms with Crippen molar-refractivity contribution in [1.82, 2.24) is 10.1 Å². The van der Waals surface area contributed by atoms with Crippen LogP contribution in [0.1, 0.15) is 61.2 Å². The number of carbonyl (C=O) groups excluding carboxylic acids is 2. The first kappa shape index (κ1) is 26.8. The van der Waals surface area contributed by atoms with Crippen molar-refractivity contribution in [3.63, 3.8) is 0 Å². The van der Waals surface area contributed by atoms with Gasteiger partial charge in [0, 0.05) is 0 Å². The van der Waals surface area contributed by atoms with Gasteiger partial charge >= 0.3 is 12.1 Å². The number of aliphatic carboxylic acids is 1. The van der Waals surface area contributed by atoms with E-state index in [1.807, 2.05) is 31.2 Å². The molecular weight excluding hydrogens is 488 g/mol. The van der Waals surface area contributed by atoms with E-state index in [4.69, 9.17) is 9.26 Å². The second kappa shape index (κ2) is 11.5. The number of aryl methyl sites for hydroxylation is 3. The lowest BCUT2D eigenvalue weighted by Crippen LogP contribution is -2.36. The zero-order chi connectivity index (χ0) is 27.4. The number of amides is 2. The van der Waals surface area contributed by atoms with E-state index >= 15 is 0 Å². The summed E-state index contributed by atoms with van der Waals surface area (Å²) in [5, 5.41) is 19.0. The molecule has 1 aliphatic rings. The minimum atomic E-state index is -0.942. The number of pyridine rings is 1. The van der Waals surface area contributed by atoms with Gasteiger partial charge in [-0.15, -0.1) is 0 Å². The Hall–Kier alpha value is -4.21. The fraction of sp³-hybridized carbons (Fsp3) is 0.393. The summed E-state index contributed by atoms with van der Waals surface area (Å²) in [6.07, 6.45) is 1.54. The number of ether oxygens (including phenoxy) is 1. The van der Waals surface area contributed by atoms with Crippen LogP contribution >= 0.6 is 0 Å². The summed E-state index contributed by atoms with van der Waals surface area (Å²) >= 11 is 0. The molecule has 3 N–H and O–H groups in total. The molecule has 10 nitrogen and oxygen atoms in total. The van der Waals surface area contributed by atoms with E-state index in [9.17, 15) is 19.5 Å². The molecule has 2 amide bonds. The molecular formula is C28H32N4O6. The van der Waals surface area contributed by atoms with E-state index < -0.39 is 30.0 Å². The maximum Gasteiger partial charge on any atom is 0.412 e. The van der Waals surface area contributed by atoms with Crippen LogP contribution in [0, 0.1) is 32.6 Å². The third-order valence-electron chi connectivity index (χ3n) is 7.00. The molecule has 1 saturated carbocycles. The zero-order valence-corrected chi connectivity index (χ0v) is 21.9. The summed E-state index contributed by atoms with van der Waals surface area (Å²) in [4.78, 5) is 41.7. The predicted molar refractivity (Wildman–Crippen MR) is 141 cm³/mol. The van der Waals surface area contributed by atoms with E-state index in [0.29, 0.717) is 41.3 Å². The topological polar surface area (TPSA) is 144 Å². The lowest BCUT2D eigenvalue weighted by atomic mass is 9.78. The normalized spacial score (nSPS) is 17.9. The Kier molecular flexibility index (Phi) is 8.09. The molecule has 3 atom stereocenters. The van der Waals surface area contributed by atoms with Crippen molar-refractivity contribution in [3.8, 4) is 11.5 Å². The third-order valence-corrected chi connectivity index (χ3v) is 7.00. The number of rotatable bonds is 7. The minimum absolute atomic E-state index is 0.252. The number of benzene rings is 1. The fourth-order valence-corrected chi connectivity index (χ4v) is 4.88. The number of anilines is 2. The second-order valence-electron chi connectivity index (χ2n) is 9.66. The Balaban J connectivity index is 1.47. The Bertz CT molecular complexity index is 1350. The van der Waals surface area contributed by atoms with Gasteiger partial charge in [0.05, 0.1) is 23.2 Å². The molecule has 3 aromatic rings. The lowest BCUT2D eigenvalue weighted by Gasteiger charge is -2.27. The summed E-state index contributed by atoms with van der Waals surface area (Å²) in [5.74, 6) is -2.28. The first-order chi connectivity index (χ1) is 18.2. The highest BCUT2D eigenvalue weighted by molar-refractivity contribution is 5.96. The van der Waals surface area contributed by atoms with Crippen molar-refractivity contribution in [2.75, 3.05) is 10.6 Å². The number of nitrogens with one attached hydrogen (secondary N) is 2. The van der Waals surface area contributed by atoms with Crippen LogP contribution < -0.4 is 10.6 Å². The van der Waals surface area contributed by atoms with Gasteiger partial charge in [-0.2, -0.15) is 0 Å². The van der Waals surface area contributed by atoms with Crippen LogP contribution in [0.3, 0.4) is 0 Å². The zero-order valence-electron chi connectivity index (χ0n) is 21.9. The standard InChI is InChI=1S/C28H32N4O6/c1-15-9-5-6-10-19(15)18(4)37-28(36)31-24-17(3)32-38-25(24)23-14-13-22(16(2)29-23)30-26(33)20-11-7-8-12-21(20)27(34)35/h5-6,9-10,13-14,18,20-21H,7-8,11-12H2,1-4H3,(H,30,33)(H,31,36)(H,34,35)/t18-,20+,21+/m1/s1. The molecule has 0 saturated heterocycles. The molecule has 2 heterocycles. The average molecular weight is 521 g/mol. The molecule has 0 bridgehead atoms.